The molecule has 2 aromatic heterocycles. The summed E-state index contributed by atoms with van der Waals surface area (Å²) in [5.41, 5.74) is 3.59. The van der Waals surface area contributed by atoms with Gasteiger partial charge in [0.25, 0.3) is 10.1 Å². The third kappa shape index (κ3) is 11.7. The van der Waals surface area contributed by atoms with E-state index in [2.05, 4.69) is 24.8 Å². The van der Waals surface area contributed by atoms with Crippen LogP contribution in [0.1, 0.15) is 71.3 Å². The molecule has 0 saturated carbocycles. The number of hydrogen-bond donors (Lipinski definition) is 1. The Hall–Kier alpha value is -3.63. The maximum absolute atomic E-state index is 13.3. The highest BCUT2D eigenvalue weighted by Gasteiger charge is 2.32. The van der Waals surface area contributed by atoms with Gasteiger partial charge in [0.15, 0.2) is 12.4 Å². The summed E-state index contributed by atoms with van der Waals surface area (Å²) in [7, 11) is -6.73. The number of aryl methyl sites for hydroxylation is 1. The van der Waals surface area contributed by atoms with Gasteiger partial charge in [0.05, 0.1) is 27.0 Å². The summed E-state index contributed by atoms with van der Waals surface area (Å²) in [6.45, 7) is 8.58. The first kappa shape index (κ1) is 40.1. The Bertz CT molecular complexity index is 1990. The molecule has 15 heteroatoms. The lowest BCUT2D eigenvalue weighted by molar-refractivity contribution is -0.697. The summed E-state index contributed by atoms with van der Waals surface area (Å²) < 4.78 is 77.0. The predicted molar refractivity (Wildman–Crippen MR) is 195 cm³/mol. The molecule has 0 bridgehead atoms. The predicted octanol–water partition coefficient (Wildman–Crippen LogP) is 4.39. The van der Waals surface area contributed by atoms with Gasteiger partial charge in [-0.2, -0.15) is 8.42 Å². The number of allylic oxidation sites excluding steroid dienone is 1. The zero-order chi connectivity index (χ0) is 37.4. The maximum atomic E-state index is 13.3. The van der Waals surface area contributed by atoms with Crippen molar-refractivity contribution in [3.8, 4) is 11.1 Å². The third-order valence-corrected chi connectivity index (χ3v) is 10.7. The van der Waals surface area contributed by atoms with E-state index in [4.69, 9.17) is 13.7 Å². The summed E-state index contributed by atoms with van der Waals surface area (Å²) in [4.78, 5) is 30.4. The van der Waals surface area contributed by atoms with Crippen LogP contribution >= 0.6 is 0 Å². The monoisotopic (exact) mass is 747 g/mol. The standard InChI is InChI=1S/C36H49N3O10S2/c1-27-26-36(2,3)39(17-9-11-34(40)38(15-5-7-20-48-4)16-10-22-51(45,46)47)32-25-33-29(23-30(27)32)24-31(35(41)49-33)28-12-18-37(19-13-28)14-6-8-21-50(42,43)44/h12-13,18-19,23-26H,5-11,14-17,20-22H2,1-4H3,(H-,42,43,44,45,46,47). The molecule has 3 heterocycles. The van der Waals surface area contributed by atoms with E-state index >= 15 is 0 Å². The Labute approximate surface area is 300 Å². The second-order valence-corrected chi connectivity index (χ2v) is 16.7. The number of benzene rings is 1. The number of hydrogen-bond acceptors (Lipinski definition) is 10. The molecule has 13 nitrogen and oxygen atoms in total. The molecular weight excluding hydrogens is 699 g/mol. The average Bonchev–Trinajstić information content (AvgIpc) is 3.04. The summed E-state index contributed by atoms with van der Waals surface area (Å²) in [5.74, 6) is -0.878. The molecule has 1 N–H and O–H groups in total. The Morgan fingerprint density at radius 2 is 1.67 bits per heavy atom. The summed E-state index contributed by atoms with van der Waals surface area (Å²) in [6.07, 6.45) is 9.01. The lowest BCUT2D eigenvalue weighted by atomic mass is 9.87. The number of nitrogens with zero attached hydrogens (tertiary/aromatic N) is 3. The Kier molecular flexibility index (Phi) is 13.6. The highest BCUT2D eigenvalue weighted by Crippen LogP contribution is 2.41. The second-order valence-electron chi connectivity index (χ2n) is 13.6. The van der Waals surface area contributed by atoms with E-state index < -0.39 is 42.9 Å². The first-order chi connectivity index (χ1) is 24.0. The molecule has 0 saturated heterocycles. The van der Waals surface area contributed by atoms with E-state index in [0.717, 1.165) is 28.6 Å². The van der Waals surface area contributed by atoms with E-state index in [9.17, 15) is 31.0 Å². The molecule has 1 aliphatic heterocycles. The first-order valence-electron chi connectivity index (χ1n) is 17.2. The van der Waals surface area contributed by atoms with Crippen LogP contribution in [0.25, 0.3) is 27.7 Å². The van der Waals surface area contributed by atoms with Gasteiger partial charge in [-0.05, 0) is 70.6 Å². The minimum absolute atomic E-state index is 0.0808. The number of aromatic nitrogens is 1. The molecule has 3 aromatic rings. The number of unbranched alkanes of at least 4 members (excludes halogenated alkanes) is 2. The van der Waals surface area contributed by atoms with Crippen molar-refractivity contribution in [1.82, 2.24) is 4.90 Å². The molecule has 4 rings (SSSR count). The molecule has 0 atom stereocenters. The van der Waals surface area contributed by atoms with Crippen LogP contribution < -0.4 is 15.1 Å². The van der Waals surface area contributed by atoms with Crippen molar-refractivity contribution in [3.63, 3.8) is 0 Å². The van der Waals surface area contributed by atoms with Crippen LogP contribution in [0.2, 0.25) is 0 Å². The number of ether oxygens (including phenoxy) is 1. The zero-order valence-corrected chi connectivity index (χ0v) is 31.4. The first-order valence-corrected chi connectivity index (χ1v) is 20.4. The van der Waals surface area contributed by atoms with Gasteiger partial charge in [-0.25, -0.2) is 17.8 Å². The molecular formula is C36H49N3O10S2. The SMILES string of the molecule is COCCCCN(CCCS(=O)(=O)O)C(=O)CCCN1c2cc3oc(=O)c(-c4cc[n+](CCCCS(=O)(=O)[O-])cc4)cc3cc2C(C)=CC1(C)C. The van der Waals surface area contributed by atoms with Crippen molar-refractivity contribution in [3.05, 3.63) is 64.8 Å². The fourth-order valence-corrected chi connectivity index (χ4v) is 7.61. The number of rotatable bonds is 19. The number of carbonyl (C=O) groups is 1. The van der Waals surface area contributed by atoms with Crippen molar-refractivity contribution >= 4 is 48.4 Å². The Balaban J connectivity index is 1.50. The van der Waals surface area contributed by atoms with Crippen LogP contribution in [0.15, 0.2) is 58.0 Å². The number of anilines is 1. The number of fused-ring (bicyclic) bond motifs is 2. The van der Waals surface area contributed by atoms with E-state index in [-0.39, 0.29) is 31.7 Å². The van der Waals surface area contributed by atoms with Crippen molar-refractivity contribution < 1.29 is 44.5 Å². The molecule has 51 heavy (non-hydrogen) atoms. The zero-order valence-electron chi connectivity index (χ0n) is 29.8. The third-order valence-electron chi connectivity index (χ3n) is 9.08. The number of pyridine rings is 1. The molecule has 1 aliphatic rings. The lowest BCUT2D eigenvalue weighted by Gasteiger charge is -2.43. The van der Waals surface area contributed by atoms with Crippen molar-refractivity contribution in [1.29, 1.82) is 0 Å². The lowest BCUT2D eigenvalue weighted by Crippen LogP contribution is -2.46. The normalized spacial score (nSPS) is 14.4. The van der Waals surface area contributed by atoms with Crippen LogP contribution in [0.4, 0.5) is 5.69 Å². The fraction of sp³-hybridized carbons (Fsp3) is 0.528. The second kappa shape index (κ2) is 17.3. The quantitative estimate of drug-likeness (QED) is 0.0796. The van der Waals surface area contributed by atoms with Gasteiger partial charge in [0, 0.05) is 92.3 Å². The fourth-order valence-electron chi connectivity index (χ4n) is 6.55. The van der Waals surface area contributed by atoms with Gasteiger partial charge in [-0.15, -0.1) is 0 Å². The van der Waals surface area contributed by atoms with Gasteiger partial charge in [0.2, 0.25) is 5.91 Å². The van der Waals surface area contributed by atoms with Crippen molar-refractivity contribution in [2.75, 3.05) is 49.8 Å². The molecule has 0 spiro atoms. The maximum Gasteiger partial charge on any atom is 0.344 e. The van der Waals surface area contributed by atoms with Gasteiger partial charge < -0.3 is 23.5 Å². The van der Waals surface area contributed by atoms with E-state index in [1.165, 1.54) is 0 Å². The molecule has 0 radical (unpaired) electrons. The minimum atomic E-state index is -4.23. The molecule has 0 fully saturated rings. The molecule has 0 aliphatic carbocycles. The number of amides is 1. The highest BCUT2D eigenvalue weighted by molar-refractivity contribution is 7.85. The number of methoxy groups -OCH3 is 1. The Morgan fingerprint density at radius 3 is 2.33 bits per heavy atom. The van der Waals surface area contributed by atoms with Crippen molar-refractivity contribution in [2.45, 2.75) is 77.8 Å². The topological polar surface area (TPSA) is 178 Å². The average molecular weight is 748 g/mol. The number of carbonyl (C=O) groups excluding carboxylic acids is 1. The van der Waals surface area contributed by atoms with Crippen molar-refractivity contribution in [2.24, 2.45) is 0 Å². The minimum Gasteiger partial charge on any atom is -0.748 e. The smallest absolute Gasteiger partial charge is 0.344 e. The van der Waals surface area contributed by atoms with Crippen LogP contribution in [-0.4, -0.2) is 87.1 Å². The van der Waals surface area contributed by atoms with E-state index in [0.29, 0.717) is 62.2 Å². The molecule has 1 amide bonds. The molecule has 280 valence electrons. The van der Waals surface area contributed by atoms with E-state index in [1.807, 2.05) is 29.7 Å². The summed E-state index contributed by atoms with van der Waals surface area (Å²) >= 11 is 0. The Morgan fingerprint density at radius 1 is 0.980 bits per heavy atom. The van der Waals surface area contributed by atoms with Crippen LogP contribution in [-0.2, 0) is 36.3 Å². The van der Waals surface area contributed by atoms with Gasteiger partial charge in [-0.3, -0.25) is 9.35 Å². The largest absolute Gasteiger partial charge is 0.748 e. The molecule has 1 aromatic carbocycles. The van der Waals surface area contributed by atoms with Crippen LogP contribution in [0, 0.1) is 0 Å². The van der Waals surface area contributed by atoms with Crippen LogP contribution in [0.3, 0.4) is 0 Å². The van der Waals surface area contributed by atoms with Crippen LogP contribution in [0.5, 0.6) is 0 Å². The van der Waals surface area contributed by atoms with Gasteiger partial charge in [-0.1, -0.05) is 6.08 Å². The van der Waals surface area contributed by atoms with Gasteiger partial charge in [0.1, 0.15) is 12.1 Å². The highest BCUT2D eigenvalue weighted by atomic mass is 32.2. The summed E-state index contributed by atoms with van der Waals surface area (Å²) in [5, 5.41) is 0.760. The van der Waals surface area contributed by atoms with Gasteiger partial charge >= 0.3 is 5.63 Å². The van der Waals surface area contributed by atoms with E-state index in [1.54, 1.807) is 36.5 Å². The molecule has 0 unspecified atom stereocenters. The summed E-state index contributed by atoms with van der Waals surface area (Å²) in [6, 6.07) is 9.31.